The first-order valence-corrected chi connectivity index (χ1v) is 6.44. The molecule has 0 spiro atoms. The average molecular weight is 239 g/mol. The van der Waals surface area contributed by atoms with Crippen molar-refractivity contribution in [2.45, 2.75) is 51.7 Å². The second-order valence-corrected chi connectivity index (χ2v) is 5.04. The van der Waals surface area contributed by atoms with E-state index in [1.165, 1.54) is 24.8 Å². The monoisotopic (exact) mass is 238 g/mol. The number of hydrogen-bond donors (Lipinski definition) is 0. The Morgan fingerprint density at radius 2 is 2.25 bits per heavy atom. The molecule has 88 valence electrons. The summed E-state index contributed by atoms with van der Waals surface area (Å²) in [5, 5.41) is 0.574. The zero-order chi connectivity index (χ0) is 11.5. The number of hydrogen-bond acceptors (Lipinski definition) is 2. The minimum atomic E-state index is 0.574. The Balaban J connectivity index is 2.05. The van der Waals surface area contributed by atoms with Gasteiger partial charge in [-0.15, -0.1) is 0 Å². The lowest BCUT2D eigenvalue weighted by Crippen LogP contribution is -2.33. The van der Waals surface area contributed by atoms with Crippen LogP contribution in [0, 0.1) is 0 Å². The van der Waals surface area contributed by atoms with Gasteiger partial charge in [-0.05, 0) is 37.8 Å². The predicted molar refractivity (Wildman–Crippen MR) is 67.6 cm³/mol. The van der Waals surface area contributed by atoms with Crippen LogP contribution in [0.5, 0.6) is 0 Å². The zero-order valence-corrected chi connectivity index (χ0v) is 10.7. The summed E-state index contributed by atoms with van der Waals surface area (Å²) < 4.78 is 0. The van der Waals surface area contributed by atoms with Crippen molar-refractivity contribution in [1.82, 2.24) is 9.88 Å². The van der Waals surface area contributed by atoms with Crippen molar-refractivity contribution in [2.24, 2.45) is 0 Å². The smallest absolute Gasteiger partial charge is 0.129 e. The van der Waals surface area contributed by atoms with Crippen LogP contribution in [-0.2, 0) is 6.54 Å². The number of pyridine rings is 1. The molecular weight excluding hydrogens is 220 g/mol. The van der Waals surface area contributed by atoms with Crippen molar-refractivity contribution in [3.63, 3.8) is 0 Å². The van der Waals surface area contributed by atoms with E-state index < -0.39 is 0 Å². The third-order valence-electron chi connectivity index (χ3n) is 3.58. The van der Waals surface area contributed by atoms with Crippen LogP contribution in [0.2, 0.25) is 5.15 Å². The lowest BCUT2D eigenvalue weighted by Gasteiger charge is -2.27. The van der Waals surface area contributed by atoms with E-state index in [0.29, 0.717) is 11.2 Å². The molecule has 1 saturated heterocycles. The molecule has 1 aromatic heterocycles. The van der Waals surface area contributed by atoms with E-state index in [1.807, 2.05) is 12.3 Å². The molecule has 2 unspecified atom stereocenters. The molecule has 2 rings (SSSR count). The first kappa shape index (κ1) is 11.9. The number of halogens is 1. The van der Waals surface area contributed by atoms with Gasteiger partial charge in [-0.1, -0.05) is 24.6 Å². The molecule has 2 heterocycles. The Bertz CT molecular complexity index is 336. The van der Waals surface area contributed by atoms with Crippen LogP contribution >= 0.6 is 11.6 Å². The minimum Gasteiger partial charge on any atom is -0.293 e. The summed E-state index contributed by atoms with van der Waals surface area (Å²) in [6.45, 7) is 5.60. The highest BCUT2D eigenvalue weighted by Crippen LogP contribution is 2.27. The van der Waals surface area contributed by atoms with Gasteiger partial charge in [0.15, 0.2) is 0 Å². The van der Waals surface area contributed by atoms with Gasteiger partial charge >= 0.3 is 0 Å². The molecule has 1 fully saturated rings. The van der Waals surface area contributed by atoms with Crippen LogP contribution in [0.25, 0.3) is 0 Å². The summed E-state index contributed by atoms with van der Waals surface area (Å²) in [6, 6.07) is 5.39. The maximum Gasteiger partial charge on any atom is 0.129 e. The van der Waals surface area contributed by atoms with E-state index in [9.17, 15) is 0 Å². The highest BCUT2D eigenvalue weighted by Gasteiger charge is 2.28. The van der Waals surface area contributed by atoms with Gasteiger partial charge in [0.05, 0.1) is 0 Å². The molecule has 0 radical (unpaired) electrons. The minimum absolute atomic E-state index is 0.574. The Morgan fingerprint density at radius 1 is 1.44 bits per heavy atom. The summed E-state index contributed by atoms with van der Waals surface area (Å²) in [5.74, 6) is 0. The molecule has 0 bridgehead atoms. The van der Waals surface area contributed by atoms with Crippen LogP contribution in [0.4, 0.5) is 0 Å². The summed E-state index contributed by atoms with van der Waals surface area (Å²) >= 11 is 5.79. The zero-order valence-electron chi connectivity index (χ0n) is 9.99. The van der Waals surface area contributed by atoms with Gasteiger partial charge in [-0.2, -0.15) is 0 Å². The van der Waals surface area contributed by atoms with Crippen molar-refractivity contribution < 1.29 is 0 Å². The predicted octanol–water partition coefficient (Wildman–Crippen LogP) is 3.50. The fourth-order valence-corrected chi connectivity index (χ4v) is 2.67. The largest absolute Gasteiger partial charge is 0.293 e. The number of likely N-dealkylation sites (tertiary alicyclic amines) is 1. The molecule has 1 aliphatic heterocycles. The molecular formula is C13H19ClN2. The van der Waals surface area contributed by atoms with Gasteiger partial charge in [0.1, 0.15) is 5.15 Å². The molecule has 1 aliphatic rings. The van der Waals surface area contributed by atoms with Crippen molar-refractivity contribution in [1.29, 1.82) is 0 Å². The third kappa shape index (κ3) is 2.55. The van der Waals surface area contributed by atoms with Crippen LogP contribution in [0.1, 0.15) is 38.7 Å². The first-order valence-electron chi connectivity index (χ1n) is 6.07. The molecule has 0 amide bonds. The molecule has 0 N–H and O–H groups in total. The molecule has 0 aliphatic carbocycles. The van der Waals surface area contributed by atoms with E-state index in [4.69, 9.17) is 11.6 Å². The molecule has 3 heteroatoms. The molecule has 2 nitrogen and oxygen atoms in total. The SMILES string of the molecule is CCC1CCC(C)N1Cc1ccc(Cl)nc1. The van der Waals surface area contributed by atoms with Crippen molar-refractivity contribution in [3.8, 4) is 0 Å². The van der Waals surface area contributed by atoms with Gasteiger partial charge in [0, 0.05) is 24.8 Å². The summed E-state index contributed by atoms with van der Waals surface area (Å²) in [6.07, 6.45) is 5.78. The maximum atomic E-state index is 5.79. The second-order valence-electron chi connectivity index (χ2n) is 4.65. The Labute approximate surface area is 103 Å². The molecule has 2 atom stereocenters. The van der Waals surface area contributed by atoms with Crippen LogP contribution in [0.15, 0.2) is 18.3 Å². The summed E-state index contributed by atoms with van der Waals surface area (Å²) in [5.41, 5.74) is 1.26. The van der Waals surface area contributed by atoms with E-state index in [-0.39, 0.29) is 0 Å². The Kier molecular flexibility index (Phi) is 3.82. The van der Waals surface area contributed by atoms with E-state index in [1.54, 1.807) is 0 Å². The Morgan fingerprint density at radius 3 is 2.88 bits per heavy atom. The van der Waals surface area contributed by atoms with E-state index >= 15 is 0 Å². The summed E-state index contributed by atoms with van der Waals surface area (Å²) in [4.78, 5) is 6.72. The van der Waals surface area contributed by atoms with E-state index in [0.717, 1.165) is 12.6 Å². The van der Waals surface area contributed by atoms with Gasteiger partial charge in [0.25, 0.3) is 0 Å². The number of aromatic nitrogens is 1. The highest BCUT2D eigenvalue weighted by atomic mass is 35.5. The molecule has 0 saturated carbocycles. The van der Waals surface area contributed by atoms with Crippen molar-refractivity contribution >= 4 is 11.6 Å². The van der Waals surface area contributed by atoms with Crippen LogP contribution < -0.4 is 0 Å². The number of nitrogens with zero attached hydrogens (tertiary/aromatic N) is 2. The van der Waals surface area contributed by atoms with Crippen molar-refractivity contribution in [3.05, 3.63) is 29.0 Å². The maximum absolute atomic E-state index is 5.79. The molecule has 0 aromatic carbocycles. The summed E-state index contributed by atoms with van der Waals surface area (Å²) in [7, 11) is 0. The third-order valence-corrected chi connectivity index (χ3v) is 3.80. The highest BCUT2D eigenvalue weighted by molar-refractivity contribution is 6.29. The fraction of sp³-hybridized carbons (Fsp3) is 0.615. The quantitative estimate of drug-likeness (QED) is 0.750. The average Bonchev–Trinajstić information content (AvgIpc) is 2.63. The topological polar surface area (TPSA) is 16.1 Å². The first-order chi connectivity index (χ1) is 7.70. The van der Waals surface area contributed by atoms with E-state index in [2.05, 4.69) is 29.8 Å². The van der Waals surface area contributed by atoms with Crippen LogP contribution in [0.3, 0.4) is 0 Å². The second kappa shape index (κ2) is 5.15. The van der Waals surface area contributed by atoms with Gasteiger partial charge in [-0.25, -0.2) is 4.98 Å². The molecule has 1 aromatic rings. The van der Waals surface area contributed by atoms with Crippen molar-refractivity contribution in [2.75, 3.05) is 0 Å². The Hall–Kier alpha value is -0.600. The van der Waals surface area contributed by atoms with Crippen LogP contribution in [-0.4, -0.2) is 22.0 Å². The fourth-order valence-electron chi connectivity index (χ4n) is 2.56. The van der Waals surface area contributed by atoms with Gasteiger partial charge < -0.3 is 0 Å². The van der Waals surface area contributed by atoms with Gasteiger partial charge in [0.2, 0.25) is 0 Å². The lowest BCUT2D eigenvalue weighted by molar-refractivity contribution is 0.189. The normalized spacial score (nSPS) is 26.2. The van der Waals surface area contributed by atoms with Gasteiger partial charge in [-0.3, -0.25) is 4.90 Å². The lowest BCUT2D eigenvalue weighted by atomic mass is 10.1. The number of rotatable bonds is 3. The standard InChI is InChI=1S/C13H19ClN2/c1-3-12-6-4-10(2)16(12)9-11-5-7-13(14)15-8-11/h5,7-8,10,12H,3-4,6,9H2,1-2H3. The molecule has 16 heavy (non-hydrogen) atoms.